The van der Waals surface area contributed by atoms with Gasteiger partial charge in [-0.25, -0.2) is 4.98 Å². The number of imidazole rings is 1. The topological polar surface area (TPSA) is 39.1 Å². The van der Waals surface area contributed by atoms with E-state index in [-0.39, 0.29) is 0 Å². The number of nitrogens with one attached hydrogen (secondary N) is 1. The summed E-state index contributed by atoms with van der Waals surface area (Å²) in [6, 6.07) is 0.337. The highest BCUT2D eigenvalue weighted by molar-refractivity contribution is 5.02. The largest absolute Gasteiger partial charge is 0.381 e. The van der Waals surface area contributed by atoms with Crippen LogP contribution in [0.2, 0.25) is 0 Å². The molecule has 4 heteroatoms. The zero-order valence-electron chi connectivity index (χ0n) is 10.9. The zero-order valence-corrected chi connectivity index (χ0v) is 10.9. The van der Waals surface area contributed by atoms with Gasteiger partial charge >= 0.3 is 0 Å². The van der Waals surface area contributed by atoms with Gasteiger partial charge in [-0.1, -0.05) is 13.8 Å². The second-order valence-electron chi connectivity index (χ2n) is 4.64. The predicted octanol–water partition coefficient (Wildman–Crippen LogP) is 1.98. The normalized spacial score (nSPS) is 21.9. The first-order valence-electron chi connectivity index (χ1n) is 6.69. The number of hydrogen-bond donors (Lipinski definition) is 1. The molecule has 96 valence electrons. The van der Waals surface area contributed by atoms with Gasteiger partial charge in [-0.05, 0) is 19.4 Å². The van der Waals surface area contributed by atoms with Crippen molar-refractivity contribution in [2.45, 2.75) is 39.3 Å². The molecule has 0 amide bonds. The summed E-state index contributed by atoms with van der Waals surface area (Å²) in [6.45, 7) is 8.11. The highest BCUT2D eigenvalue weighted by Gasteiger charge is 2.29. The smallest absolute Gasteiger partial charge is 0.126 e. The Kier molecular flexibility index (Phi) is 4.57. The van der Waals surface area contributed by atoms with E-state index >= 15 is 0 Å². The van der Waals surface area contributed by atoms with Gasteiger partial charge in [0.15, 0.2) is 0 Å². The number of aryl methyl sites for hydroxylation is 1. The molecule has 0 bridgehead atoms. The van der Waals surface area contributed by atoms with Gasteiger partial charge in [-0.15, -0.1) is 0 Å². The van der Waals surface area contributed by atoms with Gasteiger partial charge in [-0.2, -0.15) is 0 Å². The lowest BCUT2D eigenvalue weighted by Crippen LogP contribution is -2.31. The van der Waals surface area contributed by atoms with Gasteiger partial charge in [0.25, 0.3) is 0 Å². The molecule has 1 fully saturated rings. The van der Waals surface area contributed by atoms with Crippen molar-refractivity contribution in [3.8, 4) is 0 Å². The van der Waals surface area contributed by atoms with E-state index in [4.69, 9.17) is 4.74 Å². The Morgan fingerprint density at radius 2 is 2.47 bits per heavy atom. The van der Waals surface area contributed by atoms with Crippen LogP contribution in [0, 0.1) is 5.92 Å². The third kappa shape index (κ3) is 2.87. The van der Waals surface area contributed by atoms with Crippen molar-refractivity contribution in [1.82, 2.24) is 14.9 Å². The molecule has 1 aliphatic rings. The zero-order chi connectivity index (χ0) is 12.1. The minimum absolute atomic E-state index is 0.337. The summed E-state index contributed by atoms with van der Waals surface area (Å²) < 4.78 is 7.77. The number of aromatic nitrogens is 2. The third-order valence-electron chi connectivity index (χ3n) is 3.35. The van der Waals surface area contributed by atoms with Gasteiger partial charge in [0.05, 0.1) is 12.6 Å². The Hall–Kier alpha value is -0.870. The van der Waals surface area contributed by atoms with Crippen LogP contribution < -0.4 is 5.32 Å². The fourth-order valence-corrected chi connectivity index (χ4v) is 2.53. The van der Waals surface area contributed by atoms with E-state index in [9.17, 15) is 0 Å². The molecule has 1 aromatic rings. The van der Waals surface area contributed by atoms with Crippen LogP contribution in [0.3, 0.4) is 0 Å². The molecule has 2 unspecified atom stereocenters. The van der Waals surface area contributed by atoms with Crippen LogP contribution in [0.25, 0.3) is 0 Å². The lowest BCUT2D eigenvalue weighted by molar-refractivity contribution is 0.175. The third-order valence-corrected chi connectivity index (χ3v) is 3.35. The van der Waals surface area contributed by atoms with Gasteiger partial charge in [0.2, 0.25) is 0 Å². The first-order chi connectivity index (χ1) is 8.36. The monoisotopic (exact) mass is 237 g/mol. The fourth-order valence-electron chi connectivity index (χ4n) is 2.53. The molecule has 0 aromatic carbocycles. The maximum Gasteiger partial charge on any atom is 0.126 e. The summed E-state index contributed by atoms with van der Waals surface area (Å²) in [5.41, 5.74) is 0. The van der Waals surface area contributed by atoms with E-state index in [2.05, 4.69) is 34.9 Å². The average Bonchev–Trinajstić information content (AvgIpc) is 2.97. The average molecular weight is 237 g/mol. The molecule has 2 atom stereocenters. The van der Waals surface area contributed by atoms with E-state index < -0.39 is 0 Å². The first kappa shape index (κ1) is 12.6. The van der Waals surface area contributed by atoms with Crippen molar-refractivity contribution in [2.75, 3.05) is 19.8 Å². The molecular formula is C13H23N3O. The maximum absolute atomic E-state index is 5.51. The van der Waals surface area contributed by atoms with Crippen molar-refractivity contribution >= 4 is 0 Å². The van der Waals surface area contributed by atoms with E-state index in [0.717, 1.165) is 39.1 Å². The molecule has 0 spiro atoms. The standard InChI is InChI=1S/C13H23N3O/c1-3-7-16-8-6-15-13(16)12(14-4-2)11-5-9-17-10-11/h6,8,11-12,14H,3-5,7,9-10H2,1-2H3. The predicted molar refractivity (Wildman–Crippen MR) is 67.9 cm³/mol. The van der Waals surface area contributed by atoms with Crippen molar-refractivity contribution in [3.63, 3.8) is 0 Å². The Balaban J connectivity index is 2.15. The summed E-state index contributed by atoms with van der Waals surface area (Å²) in [7, 11) is 0. The minimum Gasteiger partial charge on any atom is -0.381 e. The molecule has 2 heterocycles. The maximum atomic E-state index is 5.51. The molecule has 4 nitrogen and oxygen atoms in total. The Morgan fingerprint density at radius 3 is 3.12 bits per heavy atom. The van der Waals surface area contributed by atoms with E-state index in [1.807, 2.05) is 6.20 Å². The van der Waals surface area contributed by atoms with E-state index in [1.165, 1.54) is 5.82 Å². The van der Waals surface area contributed by atoms with Crippen LogP contribution in [0.4, 0.5) is 0 Å². The molecule has 0 aliphatic carbocycles. The second kappa shape index (κ2) is 6.17. The van der Waals surface area contributed by atoms with Gasteiger partial charge < -0.3 is 14.6 Å². The lowest BCUT2D eigenvalue weighted by Gasteiger charge is -2.23. The fraction of sp³-hybridized carbons (Fsp3) is 0.769. The van der Waals surface area contributed by atoms with Crippen LogP contribution in [0.5, 0.6) is 0 Å². The van der Waals surface area contributed by atoms with Crippen LogP contribution in [-0.2, 0) is 11.3 Å². The van der Waals surface area contributed by atoms with E-state index in [0.29, 0.717) is 12.0 Å². The van der Waals surface area contributed by atoms with E-state index in [1.54, 1.807) is 0 Å². The Labute approximate surface area is 103 Å². The summed E-state index contributed by atoms with van der Waals surface area (Å²) in [5.74, 6) is 1.73. The lowest BCUT2D eigenvalue weighted by atomic mass is 9.98. The van der Waals surface area contributed by atoms with Gasteiger partial charge in [-0.3, -0.25) is 0 Å². The van der Waals surface area contributed by atoms with Gasteiger partial charge in [0, 0.05) is 31.5 Å². The van der Waals surface area contributed by atoms with Crippen molar-refractivity contribution in [3.05, 3.63) is 18.2 Å². The molecular weight excluding hydrogens is 214 g/mol. The minimum atomic E-state index is 0.337. The summed E-state index contributed by atoms with van der Waals surface area (Å²) in [5, 5.41) is 3.56. The number of ether oxygens (including phenoxy) is 1. The first-order valence-corrected chi connectivity index (χ1v) is 6.69. The molecule has 1 N–H and O–H groups in total. The Morgan fingerprint density at radius 1 is 1.59 bits per heavy atom. The van der Waals surface area contributed by atoms with Crippen LogP contribution in [0.1, 0.15) is 38.6 Å². The van der Waals surface area contributed by atoms with Gasteiger partial charge in [0.1, 0.15) is 5.82 Å². The van der Waals surface area contributed by atoms with Crippen molar-refractivity contribution in [1.29, 1.82) is 0 Å². The molecule has 1 aliphatic heterocycles. The molecule has 17 heavy (non-hydrogen) atoms. The Bertz CT molecular complexity index is 331. The second-order valence-corrected chi connectivity index (χ2v) is 4.64. The summed E-state index contributed by atoms with van der Waals surface area (Å²) >= 11 is 0. The number of rotatable bonds is 6. The summed E-state index contributed by atoms with van der Waals surface area (Å²) in [4.78, 5) is 4.54. The summed E-state index contributed by atoms with van der Waals surface area (Å²) in [6.07, 6.45) is 6.27. The van der Waals surface area contributed by atoms with Crippen molar-refractivity contribution in [2.24, 2.45) is 5.92 Å². The quantitative estimate of drug-likeness (QED) is 0.822. The highest BCUT2D eigenvalue weighted by atomic mass is 16.5. The van der Waals surface area contributed by atoms with Crippen LogP contribution >= 0.6 is 0 Å². The molecule has 0 saturated carbocycles. The highest BCUT2D eigenvalue weighted by Crippen LogP contribution is 2.27. The molecule has 1 aromatic heterocycles. The van der Waals surface area contributed by atoms with Crippen molar-refractivity contribution < 1.29 is 4.74 Å². The number of hydrogen-bond acceptors (Lipinski definition) is 3. The van der Waals surface area contributed by atoms with Crippen LogP contribution in [-0.4, -0.2) is 29.3 Å². The SMILES string of the molecule is CCCn1ccnc1C(NCC)C1CCOC1. The molecule has 2 rings (SSSR count). The molecule has 0 radical (unpaired) electrons. The molecule has 1 saturated heterocycles. The number of nitrogens with zero attached hydrogens (tertiary/aromatic N) is 2. The van der Waals surface area contributed by atoms with Crippen LogP contribution in [0.15, 0.2) is 12.4 Å².